The van der Waals surface area contributed by atoms with Crippen LogP contribution in [0.25, 0.3) is 22.5 Å². The minimum absolute atomic E-state index is 0.0510. The highest BCUT2D eigenvalue weighted by Crippen LogP contribution is 2.29. The number of hydrogen-bond donors (Lipinski definition) is 2. The van der Waals surface area contributed by atoms with Gasteiger partial charge in [0.2, 0.25) is 5.91 Å². The average Bonchev–Trinajstić information content (AvgIpc) is 3.28. The number of carbonyl (C=O) groups is 1. The summed E-state index contributed by atoms with van der Waals surface area (Å²) >= 11 is 1.39. The summed E-state index contributed by atoms with van der Waals surface area (Å²) in [6.45, 7) is 2.81. The Balaban J connectivity index is 1.60. The van der Waals surface area contributed by atoms with Crippen molar-refractivity contribution in [3.8, 4) is 22.5 Å². The third kappa shape index (κ3) is 3.39. The van der Waals surface area contributed by atoms with E-state index >= 15 is 0 Å². The van der Waals surface area contributed by atoms with Crippen LogP contribution in [0.4, 0.5) is 5.13 Å². The van der Waals surface area contributed by atoms with E-state index in [2.05, 4.69) is 45.1 Å². The van der Waals surface area contributed by atoms with Gasteiger partial charge in [-0.15, -0.1) is 11.3 Å². The Hall–Kier alpha value is -2.55. The molecule has 3 heterocycles. The van der Waals surface area contributed by atoms with Gasteiger partial charge in [0.25, 0.3) is 0 Å². The zero-order chi connectivity index (χ0) is 18.1. The molecule has 0 fully saturated rings. The van der Waals surface area contributed by atoms with Crippen molar-refractivity contribution in [2.24, 2.45) is 5.73 Å². The van der Waals surface area contributed by atoms with Crippen LogP contribution in [-0.2, 0) is 17.9 Å². The molecule has 134 valence electrons. The van der Waals surface area contributed by atoms with Crippen molar-refractivity contribution in [3.05, 3.63) is 41.4 Å². The van der Waals surface area contributed by atoms with Crippen LogP contribution in [0.3, 0.4) is 0 Å². The second kappa shape index (κ2) is 6.99. The van der Waals surface area contributed by atoms with Crippen LogP contribution < -0.4 is 11.1 Å². The number of hydrogen-bond acceptors (Lipinski definition) is 6. The van der Waals surface area contributed by atoms with Crippen molar-refractivity contribution in [3.63, 3.8) is 0 Å². The zero-order valence-electron chi connectivity index (χ0n) is 14.5. The molecule has 0 atom stereocenters. The highest BCUT2D eigenvalue weighted by molar-refractivity contribution is 7.14. The number of fused-ring (bicyclic) bond motifs is 1. The lowest BCUT2D eigenvalue weighted by molar-refractivity contribution is -0.114. The monoisotopic (exact) mass is 368 g/mol. The van der Waals surface area contributed by atoms with E-state index < -0.39 is 0 Å². The van der Waals surface area contributed by atoms with Gasteiger partial charge in [-0.2, -0.15) is 5.10 Å². The molecule has 0 aliphatic carbocycles. The Morgan fingerprint density at radius 2 is 2.08 bits per heavy atom. The van der Waals surface area contributed by atoms with E-state index in [-0.39, 0.29) is 12.5 Å². The number of thiazole rings is 1. The fourth-order valence-corrected chi connectivity index (χ4v) is 3.75. The molecule has 0 bridgehead atoms. The van der Waals surface area contributed by atoms with E-state index in [0.717, 1.165) is 42.1 Å². The number of benzene rings is 1. The molecule has 3 N–H and O–H groups in total. The summed E-state index contributed by atoms with van der Waals surface area (Å²) < 4.78 is 2.09. The van der Waals surface area contributed by atoms with Gasteiger partial charge in [0, 0.05) is 29.6 Å². The van der Waals surface area contributed by atoms with Crippen LogP contribution in [-0.4, -0.2) is 45.7 Å². The summed E-state index contributed by atoms with van der Waals surface area (Å²) in [5, 5.41) is 9.92. The Morgan fingerprint density at radius 1 is 1.27 bits per heavy atom. The minimum atomic E-state index is -0.242. The molecule has 0 spiro atoms. The van der Waals surface area contributed by atoms with E-state index in [4.69, 9.17) is 10.8 Å². The van der Waals surface area contributed by atoms with Gasteiger partial charge in [0.15, 0.2) is 5.13 Å². The van der Waals surface area contributed by atoms with Gasteiger partial charge in [-0.25, -0.2) is 4.98 Å². The lowest BCUT2D eigenvalue weighted by Crippen LogP contribution is -2.30. The van der Waals surface area contributed by atoms with Crippen LogP contribution in [0.2, 0.25) is 0 Å². The van der Waals surface area contributed by atoms with Gasteiger partial charge in [-0.05, 0) is 19.2 Å². The maximum Gasteiger partial charge on any atom is 0.239 e. The van der Waals surface area contributed by atoms with Crippen LogP contribution in [0, 0.1) is 0 Å². The average molecular weight is 368 g/mol. The van der Waals surface area contributed by atoms with E-state index in [0.29, 0.717) is 5.13 Å². The fraction of sp³-hybridized carbons (Fsp3) is 0.278. The number of nitrogens with zero attached hydrogens (tertiary/aromatic N) is 4. The molecule has 1 aliphatic heterocycles. The number of aromatic nitrogens is 3. The third-order valence-corrected chi connectivity index (χ3v) is 5.14. The number of nitrogens with one attached hydrogen (secondary N) is 1. The van der Waals surface area contributed by atoms with Gasteiger partial charge < -0.3 is 11.1 Å². The Labute approximate surface area is 155 Å². The first kappa shape index (κ1) is 16.9. The lowest BCUT2D eigenvalue weighted by atomic mass is 10.1. The highest BCUT2D eigenvalue weighted by Gasteiger charge is 2.16. The maximum absolute atomic E-state index is 11.4. The quantitative estimate of drug-likeness (QED) is 0.735. The standard InChI is InChI=1S/C18H20N6OS/c1-23-5-6-24-14(10-23)8-15(22-24)12-3-2-4-13(7-12)16-11-26-18(20-16)21-17(25)9-19/h2-4,7-8,11H,5-6,9-10,19H2,1H3,(H,20,21,25). The maximum atomic E-state index is 11.4. The number of carbonyl (C=O) groups excluding carboxylic acids is 1. The summed E-state index contributed by atoms with van der Waals surface area (Å²) in [4.78, 5) is 18.2. The second-order valence-corrected chi connectivity index (χ2v) is 7.21. The zero-order valence-corrected chi connectivity index (χ0v) is 15.3. The lowest BCUT2D eigenvalue weighted by Gasteiger charge is -2.22. The van der Waals surface area contributed by atoms with Gasteiger partial charge >= 0.3 is 0 Å². The molecule has 0 saturated heterocycles. The SMILES string of the molecule is CN1CCn2nc(-c3cccc(-c4csc(NC(=O)CN)n4)c3)cc2C1. The van der Waals surface area contributed by atoms with E-state index in [1.165, 1.54) is 17.0 Å². The molecule has 7 nitrogen and oxygen atoms in total. The normalized spacial score (nSPS) is 14.2. The van der Waals surface area contributed by atoms with Gasteiger partial charge in [0.05, 0.1) is 30.2 Å². The van der Waals surface area contributed by atoms with Crippen LogP contribution >= 0.6 is 11.3 Å². The molecule has 8 heteroatoms. The summed E-state index contributed by atoms with van der Waals surface area (Å²) in [7, 11) is 2.13. The summed E-state index contributed by atoms with van der Waals surface area (Å²) in [6.07, 6.45) is 0. The Morgan fingerprint density at radius 3 is 2.88 bits per heavy atom. The minimum Gasteiger partial charge on any atom is -0.322 e. The van der Waals surface area contributed by atoms with Crippen molar-refractivity contribution in [1.82, 2.24) is 19.7 Å². The number of anilines is 1. The second-order valence-electron chi connectivity index (χ2n) is 6.35. The Bertz CT molecular complexity index is 947. The molecule has 4 rings (SSSR count). The van der Waals surface area contributed by atoms with Crippen LogP contribution in [0.1, 0.15) is 5.69 Å². The molecular weight excluding hydrogens is 348 g/mol. The molecule has 2 aromatic heterocycles. The topological polar surface area (TPSA) is 89.1 Å². The van der Waals surface area contributed by atoms with Crippen molar-refractivity contribution in [1.29, 1.82) is 0 Å². The molecule has 26 heavy (non-hydrogen) atoms. The molecule has 1 aromatic carbocycles. The number of rotatable bonds is 4. The largest absolute Gasteiger partial charge is 0.322 e. The first-order valence-corrected chi connectivity index (χ1v) is 9.32. The summed E-state index contributed by atoms with van der Waals surface area (Å²) in [5.74, 6) is -0.242. The molecular formula is C18H20N6OS. The van der Waals surface area contributed by atoms with E-state index in [9.17, 15) is 4.79 Å². The van der Waals surface area contributed by atoms with Gasteiger partial charge in [0.1, 0.15) is 0 Å². The first-order chi connectivity index (χ1) is 12.6. The van der Waals surface area contributed by atoms with E-state index in [1.807, 2.05) is 17.5 Å². The molecule has 3 aromatic rings. The summed E-state index contributed by atoms with van der Waals surface area (Å²) in [5.41, 5.74) is 10.4. The number of nitrogens with two attached hydrogens (primary N) is 1. The first-order valence-electron chi connectivity index (χ1n) is 8.44. The fourth-order valence-electron chi connectivity index (χ4n) is 3.01. The van der Waals surface area contributed by atoms with Crippen molar-refractivity contribution < 1.29 is 4.79 Å². The number of likely N-dealkylation sites (N-methyl/N-ethyl adjacent to an activating group) is 1. The van der Waals surface area contributed by atoms with Gasteiger partial charge in [-0.3, -0.25) is 14.4 Å². The molecule has 0 saturated carbocycles. The molecule has 0 unspecified atom stereocenters. The molecule has 1 aliphatic rings. The predicted octanol–water partition coefficient (Wildman–Crippen LogP) is 2.02. The number of amides is 1. The third-order valence-electron chi connectivity index (χ3n) is 4.38. The smallest absolute Gasteiger partial charge is 0.239 e. The van der Waals surface area contributed by atoms with Crippen molar-refractivity contribution in [2.75, 3.05) is 25.5 Å². The molecule has 1 amide bonds. The molecule has 0 radical (unpaired) electrons. The van der Waals surface area contributed by atoms with E-state index in [1.54, 1.807) is 0 Å². The van der Waals surface area contributed by atoms with Crippen molar-refractivity contribution >= 4 is 22.4 Å². The van der Waals surface area contributed by atoms with Gasteiger partial charge in [-0.1, -0.05) is 18.2 Å². The van der Waals surface area contributed by atoms with Crippen LogP contribution in [0.5, 0.6) is 0 Å². The Kier molecular flexibility index (Phi) is 4.54. The van der Waals surface area contributed by atoms with Crippen molar-refractivity contribution in [2.45, 2.75) is 13.1 Å². The highest BCUT2D eigenvalue weighted by atomic mass is 32.1. The predicted molar refractivity (Wildman–Crippen MR) is 103 cm³/mol. The summed E-state index contributed by atoms with van der Waals surface area (Å²) in [6, 6.07) is 10.3. The van der Waals surface area contributed by atoms with Crippen LogP contribution in [0.15, 0.2) is 35.7 Å².